The van der Waals surface area contributed by atoms with Crippen LogP contribution in [-0.4, -0.2) is 17.5 Å². The lowest BCUT2D eigenvalue weighted by Gasteiger charge is -2.28. The van der Waals surface area contributed by atoms with Crippen molar-refractivity contribution in [2.24, 2.45) is 11.3 Å². The third-order valence-electron chi connectivity index (χ3n) is 2.22. The van der Waals surface area contributed by atoms with E-state index < -0.39 is 23.7 Å². The molecule has 0 aromatic rings. The van der Waals surface area contributed by atoms with Crippen LogP contribution in [0.3, 0.4) is 0 Å². The molecule has 0 aromatic carbocycles. The zero-order valence-corrected chi connectivity index (χ0v) is 7.47. The van der Waals surface area contributed by atoms with Gasteiger partial charge in [-0.2, -0.15) is 0 Å². The highest BCUT2D eigenvalue weighted by atomic mass is 19.3. The third kappa shape index (κ3) is 3.15. The summed E-state index contributed by atoms with van der Waals surface area (Å²) < 4.78 is 23.9. The summed E-state index contributed by atoms with van der Waals surface area (Å²) in [6, 6.07) is 0. The Morgan fingerprint density at radius 3 is 2.17 bits per heavy atom. The first-order valence-corrected chi connectivity index (χ1v) is 3.78. The molecule has 2 nitrogen and oxygen atoms in total. The molecule has 0 radical (unpaired) electrons. The van der Waals surface area contributed by atoms with Crippen molar-refractivity contribution in [3.05, 3.63) is 0 Å². The maximum atomic E-state index is 12.0. The van der Waals surface area contributed by atoms with Gasteiger partial charge < -0.3 is 5.11 Å². The maximum Gasteiger partial charge on any atom is 0.306 e. The SMILES string of the molecule is C[C@H](C(=O)O)C(C)(C)CC(F)F. The van der Waals surface area contributed by atoms with E-state index in [1.54, 1.807) is 0 Å². The molecule has 0 aliphatic rings. The molecule has 4 heteroatoms. The fourth-order valence-corrected chi connectivity index (χ4v) is 0.909. The molecule has 0 amide bonds. The molecule has 0 rings (SSSR count). The number of halogens is 2. The summed E-state index contributed by atoms with van der Waals surface area (Å²) in [4.78, 5) is 10.5. The highest BCUT2D eigenvalue weighted by molar-refractivity contribution is 5.70. The second kappa shape index (κ2) is 3.83. The van der Waals surface area contributed by atoms with Crippen LogP contribution in [0, 0.1) is 11.3 Å². The van der Waals surface area contributed by atoms with E-state index in [0.29, 0.717) is 0 Å². The molecule has 0 saturated heterocycles. The first kappa shape index (κ1) is 11.3. The van der Waals surface area contributed by atoms with E-state index in [1.165, 1.54) is 20.8 Å². The van der Waals surface area contributed by atoms with Crippen LogP contribution in [-0.2, 0) is 4.79 Å². The van der Waals surface area contributed by atoms with Crippen molar-refractivity contribution >= 4 is 5.97 Å². The molecule has 1 N–H and O–H groups in total. The summed E-state index contributed by atoms with van der Waals surface area (Å²) in [6.45, 7) is 4.53. The molecule has 0 spiro atoms. The van der Waals surface area contributed by atoms with Crippen molar-refractivity contribution in [3.8, 4) is 0 Å². The zero-order valence-electron chi connectivity index (χ0n) is 7.47. The first-order chi connectivity index (χ1) is 5.27. The predicted octanol–water partition coefficient (Wildman–Crippen LogP) is 2.39. The molecular formula is C8H14F2O2. The molecule has 0 heterocycles. The van der Waals surface area contributed by atoms with Crippen LogP contribution < -0.4 is 0 Å². The minimum absolute atomic E-state index is 0.375. The van der Waals surface area contributed by atoms with E-state index in [4.69, 9.17) is 5.11 Å². The third-order valence-corrected chi connectivity index (χ3v) is 2.22. The van der Waals surface area contributed by atoms with E-state index in [1.807, 2.05) is 0 Å². The van der Waals surface area contributed by atoms with Gasteiger partial charge in [-0.25, -0.2) is 8.78 Å². The highest BCUT2D eigenvalue weighted by Gasteiger charge is 2.33. The monoisotopic (exact) mass is 180 g/mol. The van der Waals surface area contributed by atoms with Crippen molar-refractivity contribution in [1.29, 1.82) is 0 Å². The molecule has 0 aliphatic carbocycles. The first-order valence-electron chi connectivity index (χ1n) is 3.78. The molecule has 72 valence electrons. The molecule has 1 atom stereocenters. The number of carbonyl (C=O) groups is 1. The summed E-state index contributed by atoms with van der Waals surface area (Å²) in [5.41, 5.74) is -0.847. The van der Waals surface area contributed by atoms with E-state index >= 15 is 0 Å². The topological polar surface area (TPSA) is 37.3 Å². The second-order valence-electron chi connectivity index (χ2n) is 3.64. The van der Waals surface area contributed by atoms with Gasteiger partial charge in [-0.15, -0.1) is 0 Å². The maximum absolute atomic E-state index is 12.0. The molecular weight excluding hydrogens is 166 g/mol. The lowest BCUT2D eigenvalue weighted by atomic mass is 9.77. The van der Waals surface area contributed by atoms with Gasteiger partial charge >= 0.3 is 5.97 Å². The van der Waals surface area contributed by atoms with Gasteiger partial charge in [0.2, 0.25) is 6.43 Å². The second-order valence-corrected chi connectivity index (χ2v) is 3.64. The number of alkyl halides is 2. The van der Waals surface area contributed by atoms with Gasteiger partial charge in [0.1, 0.15) is 0 Å². The molecule has 0 bridgehead atoms. The fraction of sp³-hybridized carbons (Fsp3) is 0.875. The molecule has 0 aliphatic heterocycles. The Morgan fingerprint density at radius 1 is 1.50 bits per heavy atom. The van der Waals surface area contributed by atoms with Crippen LogP contribution in [0.25, 0.3) is 0 Å². The smallest absolute Gasteiger partial charge is 0.306 e. The van der Waals surface area contributed by atoms with Gasteiger partial charge in [0.15, 0.2) is 0 Å². The number of hydrogen-bond donors (Lipinski definition) is 1. The van der Waals surface area contributed by atoms with Gasteiger partial charge in [0.05, 0.1) is 5.92 Å². The van der Waals surface area contributed by atoms with Crippen LogP contribution in [0.1, 0.15) is 27.2 Å². The van der Waals surface area contributed by atoms with E-state index in [2.05, 4.69) is 0 Å². The predicted molar refractivity (Wildman–Crippen MR) is 41.2 cm³/mol. The van der Waals surface area contributed by atoms with Crippen LogP contribution in [0.5, 0.6) is 0 Å². The molecule has 12 heavy (non-hydrogen) atoms. The van der Waals surface area contributed by atoms with Crippen molar-refractivity contribution < 1.29 is 18.7 Å². The van der Waals surface area contributed by atoms with Gasteiger partial charge in [0.25, 0.3) is 0 Å². The lowest BCUT2D eigenvalue weighted by Crippen LogP contribution is -2.30. The normalized spacial score (nSPS) is 14.8. The number of rotatable bonds is 4. The van der Waals surface area contributed by atoms with Crippen LogP contribution in [0.15, 0.2) is 0 Å². The summed E-state index contributed by atoms with van der Waals surface area (Å²) in [6.07, 6.45) is -2.82. The Hall–Kier alpha value is -0.670. The standard InChI is InChI=1S/C8H14F2O2/c1-5(7(11)12)8(2,3)4-6(9)10/h5-6H,4H2,1-3H3,(H,11,12)/t5-/m1/s1. The number of carboxylic acid groups (broad SMARTS) is 1. The van der Waals surface area contributed by atoms with Gasteiger partial charge in [-0.1, -0.05) is 20.8 Å². The van der Waals surface area contributed by atoms with Crippen LogP contribution in [0.4, 0.5) is 8.78 Å². The summed E-state index contributed by atoms with van der Waals surface area (Å²) in [5.74, 6) is -1.77. The van der Waals surface area contributed by atoms with Gasteiger partial charge in [0, 0.05) is 6.42 Å². The van der Waals surface area contributed by atoms with Crippen molar-refractivity contribution in [3.63, 3.8) is 0 Å². The Bertz CT molecular complexity index is 166. The van der Waals surface area contributed by atoms with Gasteiger partial charge in [-0.05, 0) is 5.41 Å². The van der Waals surface area contributed by atoms with E-state index in [9.17, 15) is 13.6 Å². The fourth-order valence-electron chi connectivity index (χ4n) is 0.909. The minimum Gasteiger partial charge on any atom is -0.481 e. The Balaban J connectivity index is 4.28. The highest BCUT2D eigenvalue weighted by Crippen LogP contribution is 2.33. The Morgan fingerprint density at radius 2 is 1.92 bits per heavy atom. The Kier molecular flexibility index (Phi) is 3.61. The molecule has 0 fully saturated rings. The Labute approximate surface area is 70.6 Å². The van der Waals surface area contributed by atoms with E-state index in [0.717, 1.165) is 0 Å². The van der Waals surface area contributed by atoms with Gasteiger partial charge in [-0.3, -0.25) is 4.79 Å². The van der Waals surface area contributed by atoms with Crippen molar-refractivity contribution in [2.45, 2.75) is 33.6 Å². The summed E-state index contributed by atoms with van der Waals surface area (Å²) >= 11 is 0. The van der Waals surface area contributed by atoms with Crippen molar-refractivity contribution in [2.75, 3.05) is 0 Å². The van der Waals surface area contributed by atoms with Crippen LogP contribution in [0.2, 0.25) is 0 Å². The minimum atomic E-state index is -2.44. The summed E-state index contributed by atoms with van der Waals surface area (Å²) in [7, 11) is 0. The van der Waals surface area contributed by atoms with Crippen LogP contribution >= 0.6 is 0 Å². The molecule has 0 saturated carbocycles. The quantitative estimate of drug-likeness (QED) is 0.721. The van der Waals surface area contributed by atoms with E-state index in [-0.39, 0.29) is 6.42 Å². The van der Waals surface area contributed by atoms with Crippen molar-refractivity contribution in [1.82, 2.24) is 0 Å². The average molecular weight is 180 g/mol. The molecule has 0 unspecified atom stereocenters. The zero-order chi connectivity index (χ0) is 9.94. The summed E-state index contributed by atoms with van der Waals surface area (Å²) in [5, 5.41) is 8.59. The number of carboxylic acids is 1. The lowest BCUT2D eigenvalue weighted by molar-refractivity contribution is -0.145. The largest absolute Gasteiger partial charge is 0.481 e. The number of hydrogen-bond acceptors (Lipinski definition) is 1. The molecule has 0 aromatic heterocycles. The average Bonchev–Trinajstić information content (AvgIpc) is 1.82. The number of aliphatic carboxylic acids is 1.